The van der Waals surface area contributed by atoms with Crippen molar-refractivity contribution in [1.29, 1.82) is 0 Å². The van der Waals surface area contributed by atoms with Crippen LogP contribution in [0.1, 0.15) is 38.5 Å². The third kappa shape index (κ3) is 3.37. The Hall–Kier alpha value is -0.250. The van der Waals surface area contributed by atoms with Gasteiger partial charge in [0.1, 0.15) is 0 Å². The zero-order chi connectivity index (χ0) is 11.6. The molecule has 3 unspecified atom stereocenters. The van der Waals surface area contributed by atoms with Crippen LogP contribution in [0, 0.1) is 17.8 Å². The molecule has 0 radical (unpaired) electrons. The summed E-state index contributed by atoms with van der Waals surface area (Å²) < 4.78 is 35.6. The molecule has 94 valence electrons. The molecule has 0 heterocycles. The predicted octanol–water partition coefficient (Wildman–Crippen LogP) is 3.35. The SMILES string of the molecule is FC(F)(F)CCCNCC1CC2CCC1C2. The summed E-state index contributed by atoms with van der Waals surface area (Å²) in [6, 6.07) is 0. The molecule has 1 nitrogen and oxygen atoms in total. The van der Waals surface area contributed by atoms with Crippen LogP contribution < -0.4 is 5.32 Å². The summed E-state index contributed by atoms with van der Waals surface area (Å²) in [4.78, 5) is 0. The molecule has 2 bridgehead atoms. The van der Waals surface area contributed by atoms with E-state index < -0.39 is 12.6 Å². The van der Waals surface area contributed by atoms with Gasteiger partial charge in [-0.05, 0) is 56.5 Å². The van der Waals surface area contributed by atoms with E-state index in [0.29, 0.717) is 6.54 Å². The molecule has 0 aromatic rings. The lowest BCUT2D eigenvalue weighted by molar-refractivity contribution is -0.135. The van der Waals surface area contributed by atoms with Crippen molar-refractivity contribution in [3.8, 4) is 0 Å². The summed E-state index contributed by atoms with van der Waals surface area (Å²) in [5.41, 5.74) is 0. The molecule has 0 aliphatic heterocycles. The topological polar surface area (TPSA) is 12.0 Å². The number of halogens is 3. The Labute approximate surface area is 94.8 Å². The van der Waals surface area contributed by atoms with Crippen molar-refractivity contribution in [2.75, 3.05) is 13.1 Å². The van der Waals surface area contributed by atoms with Crippen molar-refractivity contribution in [3.05, 3.63) is 0 Å². The fraction of sp³-hybridized carbons (Fsp3) is 1.00. The standard InChI is InChI=1S/C12H20F3N/c13-12(14,15)4-1-5-16-8-11-7-9-2-3-10(11)6-9/h9-11,16H,1-8H2. The van der Waals surface area contributed by atoms with E-state index in [0.717, 1.165) is 24.3 Å². The minimum atomic E-state index is -3.99. The summed E-state index contributed by atoms with van der Waals surface area (Å²) >= 11 is 0. The normalized spacial score (nSPS) is 33.6. The average Bonchev–Trinajstić information content (AvgIpc) is 2.76. The van der Waals surface area contributed by atoms with Crippen molar-refractivity contribution in [2.45, 2.75) is 44.7 Å². The number of alkyl halides is 3. The Bertz CT molecular complexity index is 227. The number of rotatable bonds is 5. The third-order valence-electron chi connectivity index (χ3n) is 4.10. The number of fused-ring (bicyclic) bond motifs is 2. The van der Waals surface area contributed by atoms with E-state index in [1.165, 1.54) is 25.7 Å². The molecule has 2 aliphatic carbocycles. The molecule has 0 saturated heterocycles. The van der Waals surface area contributed by atoms with Crippen LogP contribution in [0.15, 0.2) is 0 Å². The number of hydrogen-bond acceptors (Lipinski definition) is 1. The van der Waals surface area contributed by atoms with Crippen LogP contribution in [0.4, 0.5) is 13.2 Å². The highest BCUT2D eigenvalue weighted by molar-refractivity contribution is 4.90. The lowest BCUT2D eigenvalue weighted by Crippen LogP contribution is -2.27. The Morgan fingerprint density at radius 1 is 1.12 bits per heavy atom. The molecule has 0 aromatic carbocycles. The van der Waals surface area contributed by atoms with E-state index in [2.05, 4.69) is 5.32 Å². The van der Waals surface area contributed by atoms with Gasteiger partial charge in [0.25, 0.3) is 0 Å². The first-order valence-electron chi connectivity index (χ1n) is 6.32. The van der Waals surface area contributed by atoms with Crippen LogP contribution in [0.25, 0.3) is 0 Å². The fourth-order valence-electron chi connectivity index (χ4n) is 3.33. The van der Waals surface area contributed by atoms with Crippen molar-refractivity contribution >= 4 is 0 Å². The molecule has 1 N–H and O–H groups in total. The molecule has 0 amide bonds. The van der Waals surface area contributed by atoms with Gasteiger partial charge >= 0.3 is 6.18 Å². The lowest BCUT2D eigenvalue weighted by Gasteiger charge is -2.21. The van der Waals surface area contributed by atoms with Gasteiger partial charge < -0.3 is 5.32 Å². The van der Waals surface area contributed by atoms with Crippen molar-refractivity contribution in [2.24, 2.45) is 17.8 Å². The predicted molar refractivity (Wildman–Crippen MR) is 57.1 cm³/mol. The van der Waals surface area contributed by atoms with E-state index in [1.54, 1.807) is 0 Å². The molecule has 2 fully saturated rings. The summed E-state index contributed by atoms with van der Waals surface area (Å²) in [6.45, 7) is 1.44. The van der Waals surface area contributed by atoms with Gasteiger partial charge in [-0.25, -0.2) is 0 Å². The summed E-state index contributed by atoms with van der Waals surface area (Å²) in [7, 11) is 0. The van der Waals surface area contributed by atoms with E-state index in [9.17, 15) is 13.2 Å². The van der Waals surface area contributed by atoms with Gasteiger partial charge in [-0.1, -0.05) is 6.42 Å². The molecule has 0 aromatic heterocycles. The minimum Gasteiger partial charge on any atom is -0.316 e. The summed E-state index contributed by atoms with van der Waals surface area (Å²) in [6.07, 6.45) is 0.968. The number of hydrogen-bond donors (Lipinski definition) is 1. The summed E-state index contributed by atoms with van der Waals surface area (Å²) in [5, 5.41) is 3.18. The van der Waals surface area contributed by atoms with Crippen LogP contribution in [-0.2, 0) is 0 Å². The third-order valence-corrected chi connectivity index (χ3v) is 4.10. The first kappa shape index (κ1) is 12.2. The second-order valence-corrected chi connectivity index (χ2v) is 5.36. The molecule has 16 heavy (non-hydrogen) atoms. The van der Waals surface area contributed by atoms with Crippen molar-refractivity contribution in [3.63, 3.8) is 0 Å². The van der Waals surface area contributed by atoms with E-state index in [1.807, 2.05) is 0 Å². The van der Waals surface area contributed by atoms with Gasteiger partial charge in [-0.2, -0.15) is 13.2 Å². The van der Waals surface area contributed by atoms with E-state index in [4.69, 9.17) is 0 Å². The molecule has 4 heteroatoms. The Kier molecular flexibility index (Phi) is 3.77. The fourth-order valence-corrected chi connectivity index (χ4v) is 3.33. The van der Waals surface area contributed by atoms with Gasteiger partial charge in [-0.3, -0.25) is 0 Å². The largest absolute Gasteiger partial charge is 0.389 e. The zero-order valence-electron chi connectivity index (χ0n) is 9.52. The number of nitrogens with one attached hydrogen (secondary N) is 1. The molecule has 2 rings (SSSR count). The second-order valence-electron chi connectivity index (χ2n) is 5.36. The van der Waals surface area contributed by atoms with Crippen LogP contribution in [0.2, 0.25) is 0 Å². The highest BCUT2D eigenvalue weighted by Gasteiger charge is 2.38. The Morgan fingerprint density at radius 3 is 2.50 bits per heavy atom. The van der Waals surface area contributed by atoms with Crippen LogP contribution in [-0.4, -0.2) is 19.3 Å². The van der Waals surface area contributed by atoms with Gasteiger partial charge in [0.05, 0.1) is 0 Å². The van der Waals surface area contributed by atoms with Crippen LogP contribution in [0.3, 0.4) is 0 Å². The average molecular weight is 235 g/mol. The Balaban J connectivity index is 1.52. The van der Waals surface area contributed by atoms with Gasteiger partial charge in [0, 0.05) is 6.42 Å². The zero-order valence-corrected chi connectivity index (χ0v) is 9.52. The van der Waals surface area contributed by atoms with E-state index in [-0.39, 0.29) is 6.42 Å². The van der Waals surface area contributed by atoms with Gasteiger partial charge in [0.15, 0.2) is 0 Å². The Morgan fingerprint density at radius 2 is 1.94 bits per heavy atom. The highest BCUT2D eigenvalue weighted by Crippen LogP contribution is 2.47. The molecule has 2 saturated carbocycles. The van der Waals surface area contributed by atoms with Crippen LogP contribution in [0.5, 0.6) is 0 Å². The highest BCUT2D eigenvalue weighted by atomic mass is 19.4. The maximum Gasteiger partial charge on any atom is 0.389 e. The van der Waals surface area contributed by atoms with Gasteiger partial charge in [0.2, 0.25) is 0 Å². The van der Waals surface area contributed by atoms with Crippen molar-refractivity contribution in [1.82, 2.24) is 5.32 Å². The molecule has 2 aliphatic rings. The first-order chi connectivity index (χ1) is 7.54. The maximum absolute atomic E-state index is 11.9. The summed E-state index contributed by atoms with van der Waals surface area (Å²) in [5.74, 6) is 2.52. The molecular formula is C12H20F3N. The minimum absolute atomic E-state index is 0.213. The molecule has 0 spiro atoms. The second kappa shape index (κ2) is 4.94. The smallest absolute Gasteiger partial charge is 0.316 e. The van der Waals surface area contributed by atoms with Gasteiger partial charge in [-0.15, -0.1) is 0 Å². The monoisotopic (exact) mass is 235 g/mol. The lowest BCUT2D eigenvalue weighted by atomic mass is 9.89. The van der Waals surface area contributed by atoms with Crippen LogP contribution >= 0.6 is 0 Å². The molecule has 3 atom stereocenters. The quantitative estimate of drug-likeness (QED) is 0.720. The van der Waals surface area contributed by atoms with E-state index >= 15 is 0 Å². The van der Waals surface area contributed by atoms with Crippen molar-refractivity contribution < 1.29 is 13.2 Å². The maximum atomic E-state index is 11.9. The molecular weight excluding hydrogens is 215 g/mol. The first-order valence-corrected chi connectivity index (χ1v) is 6.32.